The second-order valence-electron chi connectivity index (χ2n) is 5.86. The molecule has 2 unspecified atom stereocenters. The number of benzene rings is 1. The summed E-state index contributed by atoms with van der Waals surface area (Å²) in [6, 6.07) is 6.36. The first-order valence-electron chi connectivity index (χ1n) is 7.33. The standard InChI is InChI=1S/C16H23FN2O/c1-3-19(14-9-5-4-8-13(14)17)15(20)16(18)10-6-7-12(2)11-16/h4-5,8-9,12H,3,6-7,10-11,18H2,1-2H3. The van der Waals surface area contributed by atoms with Crippen LogP contribution in [-0.2, 0) is 4.79 Å². The van der Waals surface area contributed by atoms with E-state index < -0.39 is 5.54 Å². The van der Waals surface area contributed by atoms with Crippen molar-refractivity contribution in [3.63, 3.8) is 0 Å². The summed E-state index contributed by atoms with van der Waals surface area (Å²) in [5.74, 6) is -0.0937. The fraction of sp³-hybridized carbons (Fsp3) is 0.562. The highest BCUT2D eigenvalue weighted by Gasteiger charge is 2.41. The van der Waals surface area contributed by atoms with Gasteiger partial charge in [-0.2, -0.15) is 0 Å². The van der Waals surface area contributed by atoms with Gasteiger partial charge in [0.2, 0.25) is 5.91 Å². The van der Waals surface area contributed by atoms with Crippen molar-refractivity contribution >= 4 is 11.6 Å². The molecule has 2 atom stereocenters. The Hall–Kier alpha value is -1.42. The van der Waals surface area contributed by atoms with Crippen LogP contribution >= 0.6 is 0 Å². The van der Waals surface area contributed by atoms with E-state index in [1.54, 1.807) is 18.2 Å². The fourth-order valence-electron chi connectivity index (χ4n) is 3.15. The molecule has 0 bridgehead atoms. The average Bonchev–Trinajstić information content (AvgIpc) is 2.41. The minimum Gasteiger partial charge on any atom is -0.317 e. The van der Waals surface area contributed by atoms with E-state index in [4.69, 9.17) is 5.73 Å². The van der Waals surface area contributed by atoms with E-state index in [2.05, 4.69) is 6.92 Å². The number of carbonyl (C=O) groups is 1. The van der Waals surface area contributed by atoms with Crippen LogP contribution in [0.4, 0.5) is 10.1 Å². The molecular weight excluding hydrogens is 255 g/mol. The number of nitrogens with zero attached hydrogens (tertiary/aromatic N) is 1. The molecular formula is C16H23FN2O. The topological polar surface area (TPSA) is 46.3 Å². The molecule has 1 amide bonds. The van der Waals surface area contributed by atoms with E-state index in [1.807, 2.05) is 6.92 Å². The first kappa shape index (κ1) is 15.0. The monoisotopic (exact) mass is 278 g/mol. The summed E-state index contributed by atoms with van der Waals surface area (Å²) in [7, 11) is 0. The molecule has 0 spiro atoms. The van der Waals surface area contributed by atoms with Crippen LogP contribution in [0.25, 0.3) is 0 Å². The van der Waals surface area contributed by atoms with E-state index in [0.717, 1.165) is 12.8 Å². The second kappa shape index (κ2) is 5.92. The van der Waals surface area contributed by atoms with E-state index in [9.17, 15) is 9.18 Å². The highest BCUT2D eigenvalue weighted by Crippen LogP contribution is 2.33. The quantitative estimate of drug-likeness (QED) is 0.923. The van der Waals surface area contributed by atoms with E-state index in [0.29, 0.717) is 31.0 Å². The van der Waals surface area contributed by atoms with Crippen LogP contribution in [0.1, 0.15) is 39.5 Å². The SMILES string of the molecule is CCN(C(=O)C1(N)CCCC(C)C1)c1ccccc1F. The molecule has 0 aliphatic heterocycles. The molecule has 1 saturated carbocycles. The van der Waals surface area contributed by atoms with Crippen molar-refractivity contribution in [1.29, 1.82) is 0 Å². The molecule has 1 fully saturated rings. The third kappa shape index (κ3) is 2.85. The van der Waals surface area contributed by atoms with Crippen LogP contribution in [-0.4, -0.2) is 18.0 Å². The third-order valence-electron chi connectivity index (χ3n) is 4.16. The van der Waals surface area contributed by atoms with Crippen LogP contribution in [0, 0.1) is 11.7 Å². The van der Waals surface area contributed by atoms with E-state index >= 15 is 0 Å². The fourth-order valence-corrected chi connectivity index (χ4v) is 3.15. The highest BCUT2D eigenvalue weighted by molar-refractivity contribution is 6.00. The van der Waals surface area contributed by atoms with Gasteiger partial charge in [-0.25, -0.2) is 4.39 Å². The smallest absolute Gasteiger partial charge is 0.247 e. The molecule has 1 aliphatic carbocycles. The van der Waals surface area contributed by atoms with Crippen molar-refractivity contribution in [2.24, 2.45) is 11.7 Å². The van der Waals surface area contributed by atoms with Gasteiger partial charge in [0.15, 0.2) is 0 Å². The van der Waals surface area contributed by atoms with Crippen molar-refractivity contribution in [1.82, 2.24) is 0 Å². The average molecular weight is 278 g/mol. The van der Waals surface area contributed by atoms with Gasteiger partial charge in [0.25, 0.3) is 0 Å². The molecule has 0 aromatic heterocycles. The Bertz CT molecular complexity index is 491. The number of para-hydroxylation sites is 1. The normalized spacial score (nSPS) is 26.3. The van der Waals surface area contributed by atoms with Gasteiger partial charge < -0.3 is 10.6 Å². The van der Waals surface area contributed by atoms with Gasteiger partial charge in [-0.15, -0.1) is 0 Å². The lowest BCUT2D eigenvalue weighted by molar-refractivity contribution is -0.125. The number of anilines is 1. The Morgan fingerprint density at radius 1 is 1.50 bits per heavy atom. The van der Waals surface area contributed by atoms with Crippen molar-refractivity contribution in [3.8, 4) is 0 Å². The molecule has 0 radical (unpaired) electrons. The predicted octanol–water partition coefficient (Wildman–Crippen LogP) is 3.09. The molecule has 2 rings (SSSR count). The molecule has 1 aliphatic rings. The Labute approximate surface area is 120 Å². The lowest BCUT2D eigenvalue weighted by Crippen LogP contribution is -2.57. The molecule has 1 aromatic rings. The summed E-state index contributed by atoms with van der Waals surface area (Å²) >= 11 is 0. The van der Waals surface area contributed by atoms with Crippen molar-refractivity contribution in [2.45, 2.75) is 45.1 Å². The molecule has 2 N–H and O–H groups in total. The molecule has 20 heavy (non-hydrogen) atoms. The van der Waals surface area contributed by atoms with Crippen LogP contribution in [0.2, 0.25) is 0 Å². The Kier molecular flexibility index (Phi) is 4.43. The van der Waals surface area contributed by atoms with Crippen molar-refractivity contribution in [2.75, 3.05) is 11.4 Å². The van der Waals surface area contributed by atoms with Gasteiger partial charge in [0.05, 0.1) is 11.2 Å². The van der Waals surface area contributed by atoms with E-state index in [-0.39, 0.29) is 11.7 Å². The molecule has 110 valence electrons. The molecule has 4 heteroatoms. The molecule has 0 heterocycles. The number of nitrogens with two attached hydrogens (primary N) is 1. The number of rotatable bonds is 3. The number of hydrogen-bond acceptors (Lipinski definition) is 2. The summed E-state index contributed by atoms with van der Waals surface area (Å²) in [5, 5.41) is 0. The largest absolute Gasteiger partial charge is 0.317 e. The third-order valence-corrected chi connectivity index (χ3v) is 4.16. The lowest BCUT2D eigenvalue weighted by atomic mass is 9.76. The molecule has 1 aromatic carbocycles. The zero-order chi connectivity index (χ0) is 14.8. The number of hydrogen-bond donors (Lipinski definition) is 1. The summed E-state index contributed by atoms with van der Waals surface area (Å²) in [6.07, 6.45) is 3.42. The number of amides is 1. The Balaban J connectivity index is 2.27. The van der Waals surface area contributed by atoms with Gasteiger partial charge in [-0.1, -0.05) is 31.9 Å². The maximum atomic E-state index is 13.9. The number of likely N-dealkylation sites (N-methyl/N-ethyl adjacent to an activating group) is 1. The summed E-state index contributed by atoms with van der Waals surface area (Å²) < 4.78 is 13.9. The van der Waals surface area contributed by atoms with Crippen LogP contribution in [0.3, 0.4) is 0 Å². The van der Waals surface area contributed by atoms with Gasteiger partial charge in [-0.05, 0) is 37.8 Å². The Morgan fingerprint density at radius 2 is 2.20 bits per heavy atom. The van der Waals surface area contributed by atoms with Crippen LogP contribution in [0.15, 0.2) is 24.3 Å². The second-order valence-corrected chi connectivity index (χ2v) is 5.86. The van der Waals surface area contributed by atoms with Gasteiger partial charge in [0, 0.05) is 6.54 Å². The number of carbonyl (C=O) groups excluding carboxylic acids is 1. The lowest BCUT2D eigenvalue weighted by Gasteiger charge is -2.39. The first-order valence-corrected chi connectivity index (χ1v) is 7.33. The minimum atomic E-state index is -0.851. The first-order chi connectivity index (χ1) is 9.48. The summed E-state index contributed by atoms with van der Waals surface area (Å²) in [4.78, 5) is 14.3. The minimum absolute atomic E-state index is 0.156. The van der Waals surface area contributed by atoms with Crippen LogP contribution < -0.4 is 10.6 Å². The summed E-state index contributed by atoms with van der Waals surface area (Å²) in [6.45, 7) is 4.39. The van der Waals surface area contributed by atoms with Crippen LogP contribution in [0.5, 0.6) is 0 Å². The Morgan fingerprint density at radius 3 is 2.80 bits per heavy atom. The summed E-state index contributed by atoms with van der Waals surface area (Å²) in [5.41, 5.74) is 5.81. The predicted molar refractivity (Wildman–Crippen MR) is 79.0 cm³/mol. The maximum Gasteiger partial charge on any atom is 0.247 e. The van der Waals surface area contributed by atoms with E-state index in [1.165, 1.54) is 11.0 Å². The van der Waals surface area contributed by atoms with Gasteiger partial charge in [0.1, 0.15) is 5.82 Å². The highest BCUT2D eigenvalue weighted by atomic mass is 19.1. The van der Waals surface area contributed by atoms with Crippen molar-refractivity contribution < 1.29 is 9.18 Å². The zero-order valence-corrected chi connectivity index (χ0v) is 12.2. The molecule has 0 saturated heterocycles. The zero-order valence-electron chi connectivity index (χ0n) is 12.2. The maximum absolute atomic E-state index is 13.9. The van der Waals surface area contributed by atoms with Gasteiger partial charge >= 0.3 is 0 Å². The van der Waals surface area contributed by atoms with Crippen molar-refractivity contribution in [3.05, 3.63) is 30.1 Å². The number of halogens is 1. The molecule has 3 nitrogen and oxygen atoms in total. The van der Waals surface area contributed by atoms with Gasteiger partial charge in [-0.3, -0.25) is 4.79 Å².